The zero-order valence-electron chi connectivity index (χ0n) is 16.2. The molecule has 2 amide bonds. The van der Waals surface area contributed by atoms with Gasteiger partial charge in [0.25, 0.3) is 11.8 Å². The maximum Gasteiger partial charge on any atom is 0.270 e. The highest BCUT2D eigenvalue weighted by atomic mass is 35.5. The number of fused-ring (bicyclic) bond motifs is 1. The number of aromatic nitrogens is 2. The molecule has 0 fully saturated rings. The van der Waals surface area contributed by atoms with Crippen LogP contribution in [-0.4, -0.2) is 21.8 Å². The molecule has 0 atom stereocenters. The Morgan fingerprint density at radius 1 is 1.07 bits per heavy atom. The molecule has 30 heavy (non-hydrogen) atoms. The van der Waals surface area contributed by atoms with Crippen LogP contribution in [0.1, 0.15) is 32.0 Å². The van der Waals surface area contributed by atoms with Crippen molar-refractivity contribution in [1.29, 1.82) is 0 Å². The number of pyridine rings is 1. The normalized spacial score (nSPS) is 10.7. The molecule has 0 bridgehead atoms. The van der Waals surface area contributed by atoms with Crippen LogP contribution in [0.4, 0.5) is 5.69 Å². The summed E-state index contributed by atoms with van der Waals surface area (Å²) in [6.07, 6.45) is 3.37. The summed E-state index contributed by atoms with van der Waals surface area (Å²) in [6, 6.07) is 16.0. The van der Waals surface area contributed by atoms with Gasteiger partial charge < -0.3 is 15.6 Å². The van der Waals surface area contributed by atoms with Gasteiger partial charge in [0.2, 0.25) is 0 Å². The number of benzene rings is 2. The van der Waals surface area contributed by atoms with Gasteiger partial charge in [-0.25, -0.2) is 0 Å². The number of rotatable bonds is 5. The van der Waals surface area contributed by atoms with E-state index in [9.17, 15) is 9.59 Å². The van der Waals surface area contributed by atoms with Crippen molar-refractivity contribution in [3.05, 3.63) is 94.4 Å². The molecule has 4 aromatic rings. The Balaban J connectivity index is 1.66. The number of nitrogens with zero attached hydrogens (tertiary/aromatic N) is 1. The van der Waals surface area contributed by atoms with Gasteiger partial charge in [0.1, 0.15) is 5.69 Å². The lowest BCUT2D eigenvalue weighted by Crippen LogP contribution is -2.25. The molecule has 0 saturated carbocycles. The van der Waals surface area contributed by atoms with Crippen LogP contribution < -0.4 is 10.6 Å². The summed E-state index contributed by atoms with van der Waals surface area (Å²) >= 11 is 5.91. The molecule has 0 radical (unpaired) electrons. The molecule has 150 valence electrons. The number of hydrogen-bond acceptors (Lipinski definition) is 3. The molecule has 0 saturated heterocycles. The van der Waals surface area contributed by atoms with E-state index in [1.807, 2.05) is 37.3 Å². The van der Waals surface area contributed by atoms with E-state index in [1.165, 1.54) is 0 Å². The number of H-pyrrole nitrogens is 1. The molecule has 2 aromatic carbocycles. The number of anilines is 1. The third kappa shape index (κ3) is 4.18. The van der Waals surface area contributed by atoms with Gasteiger partial charge in [-0.3, -0.25) is 14.6 Å². The lowest BCUT2D eigenvalue weighted by atomic mass is 10.1. The molecule has 6 nitrogen and oxygen atoms in total. The smallest absolute Gasteiger partial charge is 0.270 e. The molecule has 0 spiro atoms. The van der Waals surface area contributed by atoms with Gasteiger partial charge in [-0.05, 0) is 55.0 Å². The van der Waals surface area contributed by atoms with Gasteiger partial charge >= 0.3 is 0 Å². The molecule has 2 aromatic heterocycles. The Morgan fingerprint density at radius 2 is 1.87 bits per heavy atom. The second kappa shape index (κ2) is 8.39. The maximum absolute atomic E-state index is 12.9. The number of nitrogens with one attached hydrogen (secondary N) is 3. The summed E-state index contributed by atoms with van der Waals surface area (Å²) in [5.74, 6) is -0.644. The van der Waals surface area contributed by atoms with Gasteiger partial charge in [-0.15, -0.1) is 0 Å². The Morgan fingerprint density at radius 3 is 2.60 bits per heavy atom. The van der Waals surface area contributed by atoms with E-state index in [1.54, 1.807) is 36.7 Å². The first-order valence-corrected chi connectivity index (χ1v) is 9.75. The molecule has 4 rings (SSSR count). The van der Waals surface area contributed by atoms with Crippen molar-refractivity contribution in [2.45, 2.75) is 13.5 Å². The van der Waals surface area contributed by atoms with Crippen molar-refractivity contribution >= 4 is 40.0 Å². The van der Waals surface area contributed by atoms with E-state index in [0.717, 1.165) is 22.0 Å². The predicted octanol–water partition coefficient (Wildman–Crippen LogP) is 4.71. The summed E-state index contributed by atoms with van der Waals surface area (Å²) in [7, 11) is 0. The van der Waals surface area contributed by atoms with E-state index >= 15 is 0 Å². The predicted molar refractivity (Wildman–Crippen MR) is 118 cm³/mol. The zero-order valence-corrected chi connectivity index (χ0v) is 17.0. The van der Waals surface area contributed by atoms with Gasteiger partial charge in [0.05, 0.1) is 5.69 Å². The van der Waals surface area contributed by atoms with Crippen LogP contribution >= 0.6 is 11.6 Å². The third-order valence-corrected chi connectivity index (χ3v) is 4.95. The lowest BCUT2D eigenvalue weighted by molar-refractivity contribution is 0.0947. The molecular weight excluding hydrogens is 400 g/mol. The molecule has 0 aliphatic heterocycles. The number of amides is 2. The van der Waals surface area contributed by atoms with E-state index < -0.39 is 0 Å². The maximum atomic E-state index is 12.9. The average molecular weight is 419 g/mol. The highest BCUT2D eigenvalue weighted by molar-refractivity contribution is 6.30. The molecular formula is C23H19ClN4O2. The molecule has 0 unspecified atom stereocenters. The summed E-state index contributed by atoms with van der Waals surface area (Å²) in [6.45, 7) is 2.28. The minimum Gasteiger partial charge on any atom is -0.349 e. The highest BCUT2D eigenvalue weighted by Gasteiger charge is 2.20. The minimum atomic E-state index is -0.324. The van der Waals surface area contributed by atoms with Crippen molar-refractivity contribution in [1.82, 2.24) is 15.3 Å². The number of carbonyl (C=O) groups is 2. The average Bonchev–Trinajstić information content (AvgIpc) is 3.11. The zero-order chi connectivity index (χ0) is 21.1. The van der Waals surface area contributed by atoms with Crippen LogP contribution in [0.2, 0.25) is 5.02 Å². The van der Waals surface area contributed by atoms with Crippen LogP contribution in [-0.2, 0) is 6.54 Å². The Labute approximate surface area is 178 Å². The Kier molecular flexibility index (Phi) is 5.50. The van der Waals surface area contributed by atoms with Gasteiger partial charge in [-0.1, -0.05) is 29.3 Å². The van der Waals surface area contributed by atoms with Crippen LogP contribution in [0.15, 0.2) is 67.0 Å². The Bertz CT molecular complexity index is 1220. The number of aryl methyl sites for hydroxylation is 1. The van der Waals surface area contributed by atoms with Crippen molar-refractivity contribution in [2.75, 3.05) is 5.32 Å². The van der Waals surface area contributed by atoms with Crippen LogP contribution in [0, 0.1) is 6.92 Å². The number of hydrogen-bond donors (Lipinski definition) is 3. The summed E-state index contributed by atoms with van der Waals surface area (Å²) in [5.41, 5.74) is 3.84. The van der Waals surface area contributed by atoms with Crippen molar-refractivity contribution in [3.63, 3.8) is 0 Å². The van der Waals surface area contributed by atoms with Crippen molar-refractivity contribution < 1.29 is 9.59 Å². The van der Waals surface area contributed by atoms with Crippen LogP contribution in [0.25, 0.3) is 10.9 Å². The van der Waals surface area contributed by atoms with E-state index in [-0.39, 0.29) is 11.8 Å². The standard InChI is InChI=1S/C23H19ClN4O2/c1-14-4-9-19-18(11-14)20(28-22(29)16-5-7-17(24)8-6-16)21(27-19)23(30)26-13-15-3-2-10-25-12-15/h2-12,27H,13H2,1H3,(H,26,30)(H,28,29). The molecule has 7 heteroatoms. The second-order valence-corrected chi connectivity index (χ2v) is 7.37. The molecule has 3 N–H and O–H groups in total. The fourth-order valence-corrected chi connectivity index (χ4v) is 3.29. The van der Waals surface area contributed by atoms with Crippen LogP contribution in [0.3, 0.4) is 0 Å². The molecule has 0 aliphatic carbocycles. The number of aromatic amines is 1. The number of carbonyl (C=O) groups excluding carboxylic acids is 2. The van der Waals surface area contributed by atoms with Gasteiger partial charge in [0.15, 0.2) is 0 Å². The van der Waals surface area contributed by atoms with Crippen molar-refractivity contribution in [2.24, 2.45) is 0 Å². The first-order chi connectivity index (χ1) is 14.5. The third-order valence-electron chi connectivity index (χ3n) is 4.70. The summed E-state index contributed by atoms with van der Waals surface area (Å²) < 4.78 is 0. The van der Waals surface area contributed by atoms with Gasteiger partial charge in [0, 0.05) is 40.4 Å². The SMILES string of the molecule is Cc1ccc2[nH]c(C(=O)NCc3cccnc3)c(NC(=O)c3ccc(Cl)cc3)c2c1. The van der Waals surface area contributed by atoms with Crippen molar-refractivity contribution in [3.8, 4) is 0 Å². The molecule has 0 aliphatic rings. The topological polar surface area (TPSA) is 86.9 Å². The highest BCUT2D eigenvalue weighted by Crippen LogP contribution is 2.29. The summed E-state index contributed by atoms with van der Waals surface area (Å²) in [5, 5.41) is 7.08. The van der Waals surface area contributed by atoms with Gasteiger partial charge in [-0.2, -0.15) is 0 Å². The Hall–Kier alpha value is -3.64. The van der Waals surface area contributed by atoms with Crippen LogP contribution in [0.5, 0.6) is 0 Å². The van der Waals surface area contributed by atoms with E-state index in [4.69, 9.17) is 11.6 Å². The fourth-order valence-electron chi connectivity index (χ4n) is 3.17. The fraction of sp³-hybridized carbons (Fsp3) is 0.0870. The van der Waals surface area contributed by atoms with E-state index in [0.29, 0.717) is 28.5 Å². The minimum absolute atomic E-state index is 0.293. The first kappa shape index (κ1) is 19.7. The first-order valence-electron chi connectivity index (χ1n) is 9.37. The largest absolute Gasteiger partial charge is 0.349 e. The van der Waals surface area contributed by atoms with E-state index in [2.05, 4.69) is 20.6 Å². The number of halogens is 1. The quantitative estimate of drug-likeness (QED) is 0.438. The second-order valence-electron chi connectivity index (χ2n) is 6.93. The lowest BCUT2D eigenvalue weighted by Gasteiger charge is -2.09. The monoisotopic (exact) mass is 418 g/mol. The molecule has 2 heterocycles. The summed E-state index contributed by atoms with van der Waals surface area (Å²) in [4.78, 5) is 32.9.